The highest BCUT2D eigenvalue weighted by molar-refractivity contribution is 7.92. The molecule has 0 unspecified atom stereocenters. The minimum atomic E-state index is -4.75. The van der Waals surface area contributed by atoms with Crippen molar-refractivity contribution < 1.29 is 35.9 Å². The molecule has 9 nitrogen and oxygen atoms in total. The molecular weight excluding hydrogens is 561 g/mol. The summed E-state index contributed by atoms with van der Waals surface area (Å²) in [5, 5.41) is 6.13. The van der Waals surface area contributed by atoms with E-state index in [2.05, 4.69) is 15.8 Å². The minimum Gasteiger partial charge on any atom is -0.484 e. The van der Waals surface area contributed by atoms with E-state index >= 15 is 0 Å². The predicted molar refractivity (Wildman–Crippen MR) is 141 cm³/mol. The van der Waals surface area contributed by atoms with Crippen LogP contribution in [0.15, 0.2) is 77.9 Å². The first-order valence-electron chi connectivity index (χ1n) is 11.1. The van der Waals surface area contributed by atoms with Crippen molar-refractivity contribution in [3.63, 3.8) is 0 Å². The van der Waals surface area contributed by atoms with E-state index in [0.717, 1.165) is 12.3 Å². The fourth-order valence-electron chi connectivity index (χ4n) is 3.12. The molecule has 0 saturated heterocycles. The second kappa shape index (κ2) is 12.6. The second-order valence-electron chi connectivity index (χ2n) is 8.00. The molecule has 0 aliphatic rings. The highest BCUT2D eigenvalue weighted by Gasteiger charge is 2.33. The van der Waals surface area contributed by atoms with Crippen LogP contribution in [0.5, 0.6) is 5.75 Å². The molecule has 2 N–H and O–H groups in total. The van der Waals surface area contributed by atoms with Gasteiger partial charge in [0.25, 0.3) is 11.8 Å². The lowest BCUT2D eigenvalue weighted by molar-refractivity contribution is -0.137. The van der Waals surface area contributed by atoms with E-state index < -0.39 is 39.9 Å². The summed E-state index contributed by atoms with van der Waals surface area (Å²) in [5.41, 5.74) is 1.66. The number of anilines is 2. The lowest BCUT2D eigenvalue weighted by Crippen LogP contribution is -2.39. The maximum Gasteiger partial charge on any atom is 0.416 e. The fourth-order valence-corrected chi connectivity index (χ4v) is 4.25. The first-order chi connectivity index (χ1) is 18.3. The van der Waals surface area contributed by atoms with E-state index in [0.29, 0.717) is 33.4 Å². The van der Waals surface area contributed by atoms with Gasteiger partial charge in [-0.1, -0.05) is 29.8 Å². The maximum absolute atomic E-state index is 13.1. The van der Waals surface area contributed by atoms with Gasteiger partial charge in [0.05, 0.1) is 28.7 Å². The van der Waals surface area contributed by atoms with Gasteiger partial charge in [-0.25, -0.2) is 13.8 Å². The molecule has 0 aliphatic carbocycles. The highest BCUT2D eigenvalue weighted by Crippen LogP contribution is 2.36. The van der Waals surface area contributed by atoms with E-state index in [-0.39, 0.29) is 17.5 Å². The molecule has 39 heavy (non-hydrogen) atoms. The summed E-state index contributed by atoms with van der Waals surface area (Å²) < 4.78 is 69.6. The normalized spacial score (nSPS) is 11.7. The predicted octanol–water partition coefficient (Wildman–Crippen LogP) is 4.29. The molecule has 0 fully saturated rings. The van der Waals surface area contributed by atoms with Gasteiger partial charge < -0.3 is 10.1 Å². The number of nitrogens with one attached hydrogen (secondary N) is 2. The molecule has 14 heteroatoms. The smallest absolute Gasteiger partial charge is 0.416 e. The highest BCUT2D eigenvalue weighted by atomic mass is 35.5. The molecular formula is C25H22ClF3N4O5S. The van der Waals surface area contributed by atoms with Crippen LogP contribution in [0.2, 0.25) is 5.02 Å². The molecule has 0 radical (unpaired) electrons. The maximum atomic E-state index is 13.1. The van der Waals surface area contributed by atoms with Crippen LogP contribution in [0.4, 0.5) is 24.5 Å². The molecule has 0 heterocycles. The molecule has 3 rings (SSSR count). The lowest BCUT2D eigenvalue weighted by atomic mass is 10.2. The van der Waals surface area contributed by atoms with Gasteiger partial charge in [0.2, 0.25) is 10.0 Å². The number of ether oxygens (including phenoxy) is 1. The molecule has 0 bridgehead atoms. The summed E-state index contributed by atoms with van der Waals surface area (Å²) in [6.45, 7) is -1.08. The number of carbonyl (C=O) groups excluding carboxylic acids is 2. The van der Waals surface area contributed by atoms with Crippen LogP contribution in [0.3, 0.4) is 0 Å². The van der Waals surface area contributed by atoms with Crippen molar-refractivity contribution in [1.29, 1.82) is 0 Å². The Morgan fingerprint density at radius 3 is 2.31 bits per heavy atom. The number of amides is 2. The Morgan fingerprint density at radius 1 is 1.03 bits per heavy atom. The van der Waals surface area contributed by atoms with Gasteiger partial charge in [-0.15, -0.1) is 0 Å². The van der Waals surface area contributed by atoms with E-state index in [1.54, 1.807) is 48.5 Å². The van der Waals surface area contributed by atoms with E-state index in [1.807, 2.05) is 6.07 Å². The van der Waals surface area contributed by atoms with Gasteiger partial charge in [0.1, 0.15) is 12.3 Å². The van der Waals surface area contributed by atoms with Crippen LogP contribution in [0.25, 0.3) is 0 Å². The third-order valence-corrected chi connectivity index (χ3v) is 6.39. The minimum absolute atomic E-state index is 0.217. The number of hydrazone groups is 1. The van der Waals surface area contributed by atoms with Crippen LogP contribution in [-0.4, -0.2) is 45.9 Å². The lowest BCUT2D eigenvalue weighted by Gasteiger charge is -2.23. The summed E-state index contributed by atoms with van der Waals surface area (Å²) in [6.07, 6.45) is -2.76. The van der Waals surface area contributed by atoms with Crippen molar-refractivity contribution >= 4 is 51.0 Å². The van der Waals surface area contributed by atoms with Crippen LogP contribution in [0.1, 0.15) is 11.1 Å². The Morgan fingerprint density at radius 2 is 1.69 bits per heavy atom. The average Bonchev–Trinajstić information content (AvgIpc) is 2.86. The van der Waals surface area contributed by atoms with Crippen molar-refractivity contribution in [1.82, 2.24) is 5.43 Å². The van der Waals surface area contributed by atoms with Crippen LogP contribution < -0.4 is 19.8 Å². The third kappa shape index (κ3) is 9.00. The van der Waals surface area contributed by atoms with Crippen molar-refractivity contribution in [3.05, 3.63) is 88.9 Å². The molecule has 0 aliphatic heterocycles. The number of sulfonamides is 1. The first-order valence-corrected chi connectivity index (χ1v) is 13.3. The zero-order chi connectivity index (χ0) is 28.6. The Hall–Kier alpha value is -4.10. The second-order valence-corrected chi connectivity index (χ2v) is 10.3. The molecule has 0 spiro atoms. The molecule has 0 atom stereocenters. The van der Waals surface area contributed by atoms with Crippen molar-refractivity contribution in [2.45, 2.75) is 6.18 Å². The van der Waals surface area contributed by atoms with Crippen molar-refractivity contribution in [2.75, 3.05) is 29.0 Å². The Bertz CT molecular complexity index is 1450. The number of alkyl halides is 3. The number of hydrogen-bond donors (Lipinski definition) is 2. The summed E-state index contributed by atoms with van der Waals surface area (Å²) in [6, 6.07) is 17.3. The van der Waals surface area contributed by atoms with E-state index in [4.69, 9.17) is 16.3 Å². The molecule has 2 amide bonds. The number of carbonyl (C=O) groups is 2. The number of benzene rings is 3. The SMILES string of the molecule is CS(=O)(=O)N(CC(=O)N/N=C\c1ccc(OCC(=O)Nc2ccccc2)cc1)c1cc(C(F)(F)F)ccc1Cl. The number of para-hydroxylation sites is 1. The van der Waals surface area contributed by atoms with Crippen molar-refractivity contribution in [3.8, 4) is 5.75 Å². The van der Waals surface area contributed by atoms with Gasteiger partial charge >= 0.3 is 6.18 Å². The molecule has 3 aromatic rings. The summed E-state index contributed by atoms with van der Waals surface area (Å²) in [4.78, 5) is 24.3. The van der Waals surface area contributed by atoms with Gasteiger partial charge in [-0.3, -0.25) is 13.9 Å². The van der Waals surface area contributed by atoms with Crippen LogP contribution in [0, 0.1) is 0 Å². The van der Waals surface area contributed by atoms with Crippen molar-refractivity contribution in [2.24, 2.45) is 5.10 Å². The fraction of sp³-hybridized carbons (Fsp3) is 0.160. The number of hydrogen-bond acceptors (Lipinski definition) is 6. The van der Waals surface area contributed by atoms with Gasteiger partial charge in [0, 0.05) is 5.69 Å². The Labute approximate surface area is 227 Å². The van der Waals surface area contributed by atoms with Gasteiger partial charge in [-0.05, 0) is 60.2 Å². The number of rotatable bonds is 10. The summed E-state index contributed by atoms with van der Waals surface area (Å²) in [5.74, 6) is -0.861. The zero-order valence-electron chi connectivity index (χ0n) is 20.3. The average molecular weight is 583 g/mol. The Balaban J connectivity index is 1.57. The summed E-state index contributed by atoms with van der Waals surface area (Å²) >= 11 is 5.94. The standard InChI is InChI=1S/C25H22ClF3N4O5S/c1-39(36,37)33(22-13-18(25(27,28)29)9-12-21(22)26)15-23(34)32-30-14-17-7-10-20(11-8-17)38-16-24(35)31-19-5-3-2-4-6-19/h2-14H,15-16H2,1H3,(H,31,35)(H,32,34)/b30-14-. The number of halogens is 4. The van der Waals surface area contributed by atoms with Gasteiger partial charge in [0.15, 0.2) is 6.61 Å². The van der Waals surface area contributed by atoms with Crippen LogP contribution >= 0.6 is 11.6 Å². The monoisotopic (exact) mass is 582 g/mol. The summed E-state index contributed by atoms with van der Waals surface area (Å²) in [7, 11) is -4.18. The van der Waals surface area contributed by atoms with E-state index in [9.17, 15) is 31.2 Å². The molecule has 0 aromatic heterocycles. The van der Waals surface area contributed by atoms with Crippen LogP contribution in [-0.2, 0) is 25.8 Å². The first kappa shape index (κ1) is 29.5. The van der Waals surface area contributed by atoms with E-state index in [1.165, 1.54) is 6.21 Å². The largest absolute Gasteiger partial charge is 0.484 e. The van der Waals surface area contributed by atoms with Gasteiger partial charge in [-0.2, -0.15) is 18.3 Å². The molecule has 206 valence electrons. The Kier molecular flexibility index (Phi) is 9.54. The molecule has 0 saturated carbocycles. The quantitative estimate of drug-likeness (QED) is 0.273. The number of nitrogens with zero attached hydrogens (tertiary/aromatic N) is 2. The topological polar surface area (TPSA) is 117 Å². The molecule has 3 aromatic carbocycles. The zero-order valence-corrected chi connectivity index (χ0v) is 21.8. The third-order valence-electron chi connectivity index (χ3n) is 4.94.